The minimum absolute atomic E-state index is 0.146. The summed E-state index contributed by atoms with van der Waals surface area (Å²) in [4.78, 5) is 16.7. The molecule has 1 aliphatic rings. The zero-order valence-corrected chi connectivity index (χ0v) is 18.1. The van der Waals surface area contributed by atoms with Crippen LogP contribution < -0.4 is 14.9 Å². The van der Waals surface area contributed by atoms with Crippen LogP contribution in [0.3, 0.4) is 0 Å². The van der Waals surface area contributed by atoms with Crippen LogP contribution in [0.25, 0.3) is 0 Å². The summed E-state index contributed by atoms with van der Waals surface area (Å²) in [5.74, 6) is 1.20. The fourth-order valence-electron chi connectivity index (χ4n) is 3.33. The molecule has 0 radical (unpaired) electrons. The fourth-order valence-corrected chi connectivity index (χ4v) is 3.52. The van der Waals surface area contributed by atoms with Gasteiger partial charge in [-0.3, -0.25) is 14.6 Å². The van der Waals surface area contributed by atoms with Crippen molar-refractivity contribution >= 4 is 23.7 Å². The van der Waals surface area contributed by atoms with Crippen LogP contribution in [0, 0.1) is 0 Å². The first-order chi connectivity index (χ1) is 14.6. The molecule has 0 atom stereocenters. The number of benzene rings is 2. The summed E-state index contributed by atoms with van der Waals surface area (Å²) in [5.41, 5.74) is 4.45. The molecule has 1 saturated heterocycles. The van der Waals surface area contributed by atoms with E-state index in [1.807, 2.05) is 18.2 Å². The molecular formula is C22H27ClN4O3. The molecule has 0 aliphatic carbocycles. The first-order valence-electron chi connectivity index (χ1n) is 9.81. The Hall–Kier alpha value is -2.61. The largest absolute Gasteiger partial charge is 0.497 e. The molecule has 1 fully saturated rings. The zero-order chi connectivity index (χ0) is 21.3. The second-order valence-electron chi connectivity index (χ2n) is 7.04. The lowest BCUT2D eigenvalue weighted by atomic mass is 10.2. The number of piperazine rings is 1. The predicted octanol–water partition coefficient (Wildman–Crippen LogP) is 2.63. The van der Waals surface area contributed by atoms with Gasteiger partial charge in [0, 0.05) is 43.3 Å². The third-order valence-electron chi connectivity index (χ3n) is 5.01. The van der Waals surface area contributed by atoms with Crippen molar-refractivity contribution in [3.8, 4) is 11.5 Å². The van der Waals surface area contributed by atoms with Crippen molar-refractivity contribution in [1.29, 1.82) is 0 Å². The smallest absolute Gasteiger partial charge is 0.254 e. The molecule has 0 saturated carbocycles. The van der Waals surface area contributed by atoms with E-state index in [1.54, 1.807) is 38.6 Å². The summed E-state index contributed by atoms with van der Waals surface area (Å²) >= 11 is 6.25. The third kappa shape index (κ3) is 6.19. The van der Waals surface area contributed by atoms with Crippen LogP contribution in [-0.2, 0) is 11.3 Å². The first-order valence-corrected chi connectivity index (χ1v) is 10.2. The standard InChI is InChI=1S/C22H27ClN4O3/c1-29-19-7-8-21(30-2)18(13-19)14-24-25-22(28)16-27-11-9-26(10-12-27)15-17-5-3-4-6-20(17)23/h3-8,13-14H,9-12,15-16H2,1-2H3,(H,25,28)/b24-14-. The number of halogens is 1. The molecule has 160 valence electrons. The van der Waals surface area contributed by atoms with Crippen LogP contribution in [0.5, 0.6) is 11.5 Å². The van der Waals surface area contributed by atoms with E-state index in [4.69, 9.17) is 21.1 Å². The average molecular weight is 431 g/mol. The van der Waals surface area contributed by atoms with E-state index in [1.165, 1.54) is 0 Å². The van der Waals surface area contributed by atoms with Gasteiger partial charge in [-0.1, -0.05) is 29.8 Å². The lowest BCUT2D eigenvalue weighted by Crippen LogP contribution is -2.48. The van der Waals surface area contributed by atoms with E-state index in [0.717, 1.165) is 48.9 Å². The van der Waals surface area contributed by atoms with E-state index in [0.29, 0.717) is 18.0 Å². The molecule has 1 heterocycles. The van der Waals surface area contributed by atoms with Crippen LogP contribution in [0.4, 0.5) is 0 Å². The SMILES string of the molecule is COc1ccc(OC)c(/C=N\NC(=O)CN2CCN(Cc3ccccc3Cl)CC2)c1. The topological polar surface area (TPSA) is 66.4 Å². The molecule has 1 aliphatic heterocycles. The van der Waals surface area contributed by atoms with Crippen molar-refractivity contribution in [1.82, 2.24) is 15.2 Å². The van der Waals surface area contributed by atoms with Gasteiger partial charge in [-0.25, -0.2) is 5.43 Å². The monoisotopic (exact) mass is 430 g/mol. The number of rotatable bonds is 8. The van der Waals surface area contributed by atoms with Gasteiger partial charge in [0.2, 0.25) is 0 Å². The van der Waals surface area contributed by atoms with Gasteiger partial charge in [0.25, 0.3) is 5.91 Å². The molecule has 0 unspecified atom stereocenters. The van der Waals surface area contributed by atoms with Gasteiger partial charge in [-0.15, -0.1) is 0 Å². The Morgan fingerprint density at radius 2 is 1.83 bits per heavy atom. The normalized spacial score (nSPS) is 15.3. The van der Waals surface area contributed by atoms with Crippen molar-refractivity contribution in [3.63, 3.8) is 0 Å². The summed E-state index contributed by atoms with van der Waals surface area (Å²) in [5, 5.41) is 4.86. The summed E-state index contributed by atoms with van der Waals surface area (Å²) in [6.07, 6.45) is 1.56. The highest BCUT2D eigenvalue weighted by molar-refractivity contribution is 6.31. The van der Waals surface area contributed by atoms with Gasteiger partial charge in [-0.2, -0.15) is 5.10 Å². The number of nitrogens with zero attached hydrogens (tertiary/aromatic N) is 3. The Morgan fingerprint density at radius 3 is 2.53 bits per heavy atom. The van der Waals surface area contributed by atoms with Crippen molar-refractivity contribution in [2.45, 2.75) is 6.54 Å². The highest BCUT2D eigenvalue weighted by atomic mass is 35.5. The maximum absolute atomic E-state index is 12.2. The minimum Gasteiger partial charge on any atom is -0.497 e. The van der Waals surface area contributed by atoms with Crippen LogP contribution in [0.1, 0.15) is 11.1 Å². The van der Waals surface area contributed by atoms with Crippen molar-refractivity contribution in [3.05, 3.63) is 58.6 Å². The molecule has 0 spiro atoms. The molecule has 1 amide bonds. The first kappa shape index (κ1) is 22.1. The van der Waals surface area contributed by atoms with Crippen LogP contribution in [-0.4, -0.2) is 68.9 Å². The summed E-state index contributed by atoms with van der Waals surface area (Å²) in [7, 11) is 3.18. The average Bonchev–Trinajstić information content (AvgIpc) is 2.76. The third-order valence-corrected chi connectivity index (χ3v) is 5.38. The maximum Gasteiger partial charge on any atom is 0.254 e. The predicted molar refractivity (Wildman–Crippen MR) is 118 cm³/mol. The Bertz CT molecular complexity index is 882. The fraction of sp³-hybridized carbons (Fsp3) is 0.364. The Labute approximate surface area is 182 Å². The Morgan fingerprint density at radius 1 is 1.10 bits per heavy atom. The van der Waals surface area contributed by atoms with Crippen molar-refractivity contribution < 1.29 is 14.3 Å². The summed E-state index contributed by atoms with van der Waals surface area (Å²) in [6.45, 7) is 4.57. The highest BCUT2D eigenvalue weighted by Gasteiger charge is 2.19. The summed E-state index contributed by atoms with van der Waals surface area (Å²) in [6, 6.07) is 13.3. The second kappa shape index (κ2) is 11.0. The number of nitrogens with one attached hydrogen (secondary N) is 1. The maximum atomic E-state index is 12.2. The number of hydrazone groups is 1. The van der Waals surface area contributed by atoms with Crippen LogP contribution >= 0.6 is 11.6 Å². The van der Waals surface area contributed by atoms with Gasteiger partial charge >= 0.3 is 0 Å². The van der Waals surface area contributed by atoms with Crippen molar-refractivity contribution in [2.75, 3.05) is 46.9 Å². The lowest BCUT2D eigenvalue weighted by molar-refractivity contribution is -0.122. The number of carbonyl (C=O) groups is 1. The lowest BCUT2D eigenvalue weighted by Gasteiger charge is -2.34. The molecule has 0 aromatic heterocycles. The van der Waals surface area contributed by atoms with Crippen LogP contribution in [0.15, 0.2) is 47.6 Å². The molecule has 1 N–H and O–H groups in total. The molecule has 3 rings (SSSR count). The molecule has 0 bridgehead atoms. The van der Waals surface area contributed by atoms with Gasteiger partial charge in [0.15, 0.2) is 0 Å². The quantitative estimate of drug-likeness (QED) is 0.515. The molecule has 8 heteroatoms. The summed E-state index contributed by atoms with van der Waals surface area (Å²) < 4.78 is 10.5. The van der Waals surface area contributed by atoms with Gasteiger partial charge in [0.05, 0.1) is 27.0 Å². The zero-order valence-electron chi connectivity index (χ0n) is 17.3. The number of amides is 1. The van der Waals surface area contributed by atoms with Crippen LogP contribution in [0.2, 0.25) is 5.02 Å². The van der Waals surface area contributed by atoms with E-state index in [-0.39, 0.29) is 5.91 Å². The molecule has 7 nitrogen and oxygen atoms in total. The van der Waals surface area contributed by atoms with E-state index >= 15 is 0 Å². The number of hydrogen-bond donors (Lipinski definition) is 1. The number of methoxy groups -OCH3 is 2. The van der Waals surface area contributed by atoms with E-state index in [2.05, 4.69) is 26.4 Å². The van der Waals surface area contributed by atoms with E-state index in [9.17, 15) is 4.79 Å². The number of ether oxygens (including phenoxy) is 2. The highest BCUT2D eigenvalue weighted by Crippen LogP contribution is 2.22. The van der Waals surface area contributed by atoms with Crippen molar-refractivity contribution in [2.24, 2.45) is 5.10 Å². The van der Waals surface area contributed by atoms with E-state index < -0.39 is 0 Å². The van der Waals surface area contributed by atoms with Gasteiger partial charge in [0.1, 0.15) is 11.5 Å². The molecule has 30 heavy (non-hydrogen) atoms. The Balaban J connectivity index is 1.44. The van der Waals surface area contributed by atoms with Gasteiger partial charge in [-0.05, 0) is 29.8 Å². The molecular weight excluding hydrogens is 404 g/mol. The second-order valence-corrected chi connectivity index (χ2v) is 7.45. The molecule has 2 aromatic carbocycles. The minimum atomic E-state index is -0.146. The molecule has 2 aromatic rings. The Kier molecular flexibility index (Phi) is 8.07. The number of carbonyl (C=O) groups excluding carboxylic acids is 1. The number of hydrogen-bond acceptors (Lipinski definition) is 6. The van der Waals surface area contributed by atoms with Gasteiger partial charge < -0.3 is 9.47 Å².